The van der Waals surface area contributed by atoms with Crippen LogP contribution in [-0.4, -0.2) is 49.1 Å². The second-order valence-corrected chi connectivity index (χ2v) is 7.46. The summed E-state index contributed by atoms with van der Waals surface area (Å²) in [6.45, 7) is 16.8. The number of likely N-dealkylation sites (N-methyl/N-ethyl adjacent to an activating group) is 1. The van der Waals surface area contributed by atoms with Gasteiger partial charge in [0.2, 0.25) is 0 Å². The van der Waals surface area contributed by atoms with Gasteiger partial charge >= 0.3 is 0 Å². The van der Waals surface area contributed by atoms with Gasteiger partial charge in [-0.15, -0.1) is 0 Å². The van der Waals surface area contributed by atoms with Gasteiger partial charge in [-0.2, -0.15) is 0 Å². The van der Waals surface area contributed by atoms with Crippen molar-refractivity contribution in [2.24, 2.45) is 0 Å². The molecule has 0 fully saturated rings. The van der Waals surface area contributed by atoms with Crippen LogP contribution in [0.15, 0.2) is 0 Å². The number of hydrogen-bond donors (Lipinski definition) is 0. The number of nitrogens with zero attached hydrogens (tertiary/aromatic N) is 2. The molecule has 0 amide bonds. The molecule has 0 rings (SSSR count). The summed E-state index contributed by atoms with van der Waals surface area (Å²) in [6.07, 6.45) is 16.9. The minimum Gasteiger partial charge on any atom is -0.302 e. The molecule has 0 aliphatic rings. The van der Waals surface area contributed by atoms with Gasteiger partial charge in [0.25, 0.3) is 0 Å². The first kappa shape index (κ1) is 23.9. The molecule has 0 aromatic carbocycles. The predicted molar refractivity (Wildman–Crippen MR) is 111 cm³/mol. The van der Waals surface area contributed by atoms with Crippen LogP contribution in [0.25, 0.3) is 0 Å². The third-order valence-corrected chi connectivity index (χ3v) is 5.09. The maximum atomic E-state index is 2.66. The number of unbranched alkanes of at least 4 members (excludes halogenated alkanes) is 9. The minimum atomic E-state index is 1.21. The molecule has 0 aliphatic carbocycles. The van der Waals surface area contributed by atoms with Gasteiger partial charge < -0.3 is 9.80 Å². The smallest absolute Gasteiger partial charge is 0.0109 e. The molecule has 24 heavy (non-hydrogen) atoms. The maximum absolute atomic E-state index is 2.66. The molecular formula is C22H48N2. The molecule has 2 heteroatoms. The van der Waals surface area contributed by atoms with Crippen molar-refractivity contribution in [3.63, 3.8) is 0 Å². The Balaban J connectivity index is 3.54. The zero-order chi connectivity index (χ0) is 17.9. The van der Waals surface area contributed by atoms with Gasteiger partial charge in [0, 0.05) is 13.1 Å². The number of hydrogen-bond acceptors (Lipinski definition) is 2. The fraction of sp³-hybridized carbons (Fsp3) is 1.00. The summed E-state index contributed by atoms with van der Waals surface area (Å²) in [4.78, 5) is 5.30. The van der Waals surface area contributed by atoms with Crippen LogP contribution in [0.3, 0.4) is 0 Å². The van der Waals surface area contributed by atoms with Gasteiger partial charge in [-0.3, -0.25) is 0 Å². The Morgan fingerprint density at radius 1 is 0.375 bits per heavy atom. The van der Waals surface area contributed by atoms with E-state index in [2.05, 4.69) is 37.5 Å². The summed E-state index contributed by atoms with van der Waals surface area (Å²) in [5, 5.41) is 0. The van der Waals surface area contributed by atoms with Crippen molar-refractivity contribution in [1.29, 1.82) is 0 Å². The first-order chi connectivity index (χ1) is 11.8. The Bertz CT molecular complexity index is 224. The van der Waals surface area contributed by atoms with Gasteiger partial charge in [-0.25, -0.2) is 0 Å². The predicted octanol–water partition coefficient (Wildman–Crippen LogP) is 6.35. The van der Waals surface area contributed by atoms with Crippen LogP contribution in [0.5, 0.6) is 0 Å². The van der Waals surface area contributed by atoms with Crippen molar-refractivity contribution in [2.45, 2.75) is 105 Å². The summed E-state index contributed by atoms with van der Waals surface area (Å²) in [6, 6.07) is 0. The normalized spacial score (nSPS) is 11.8. The Labute approximate surface area is 154 Å². The molecule has 0 N–H and O–H groups in total. The fourth-order valence-corrected chi connectivity index (χ4v) is 3.50. The van der Waals surface area contributed by atoms with Gasteiger partial charge in [0.1, 0.15) is 0 Å². The van der Waals surface area contributed by atoms with Crippen LogP contribution in [0.2, 0.25) is 0 Å². The zero-order valence-electron chi connectivity index (χ0n) is 17.6. The van der Waals surface area contributed by atoms with Crippen LogP contribution >= 0.6 is 0 Å². The molecule has 146 valence electrons. The average molecular weight is 341 g/mol. The molecule has 0 bridgehead atoms. The summed E-state index contributed by atoms with van der Waals surface area (Å²) in [7, 11) is 0. The minimum absolute atomic E-state index is 1.21. The monoisotopic (exact) mass is 340 g/mol. The van der Waals surface area contributed by atoms with Crippen molar-refractivity contribution in [1.82, 2.24) is 9.80 Å². The second kappa shape index (κ2) is 19.2. The highest BCUT2D eigenvalue weighted by molar-refractivity contribution is 4.62. The molecule has 0 unspecified atom stereocenters. The largest absolute Gasteiger partial charge is 0.302 e. The van der Waals surface area contributed by atoms with Crippen molar-refractivity contribution < 1.29 is 0 Å². The standard InChI is InChI=1S/C22H48N2/c1-5-9-10-11-12-13-14-15-16-17-20-23(8-4)21-22-24(18-6-2)19-7-3/h5-22H2,1-4H3. The van der Waals surface area contributed by atoms with Crippen molar-refractivity contribution >= 4 is 0 Å². The summed E-state index contributed by atoms with van der Waals surface area (Å²) >= 11 is 0. The van der Waals surface area contributed by atoms with E-state index in [0.717, 1.165) is 0 Å². The Morgan fingerprint density at radius 3 is 1.29 bits per heavy atom. The van der Waals surface area contributed by atoms with Crippen LogP contribution in [0, 0.1) is 0 Å². The van der Waals surface area contributed by atoms with Gasteiger partial charge in [0.05, 0.1) is 0 Å². The lowest BCUT2D eigenvalue weighted by atomic mass is 10.1. The lowest BCUT2D eigenvalue weighted by molar-refractivity contribution is 0.206. The van der Waals surface area contributed by atoms with Crippen LogP contribution in [0.1, 0.15) is 105 Å². The molecule has 0 aromatic rings. The van der Waals surface area contributed by atoms with Crippen LogP contribution in [0.4, 0.5) is 0 Å². The molecule has 0 aromatic heterocycles. The highest BCUT2D eigenvalue weighted by Gasteiger charge is 2.06. The quantitative estimate of drug-likeness (QED) is 0.253. The topological polar surface area (TPSA) is 6.48 Å². The molecule has 0 aliphatic heterocycles. The second-order valence-electron chi connectivity index (χ2n) is 7.46. The van der Waals surface area contributed by atoms with Gasteiger partial charge in [-0.05, 0) is 45.4 Å². The van der Waals surface area contributed by atoms with E-state index >= 15 is 0 Å². The Morgan fingerprint density at radius 2 is 0.833 bits per heavy atom. The molecule has 0 radical (unpaired) electrons. The Kier molecular flexibility index (Phi) is 19.2. The van der Waals surface area contributed by atoms with Crippen molar-refractivity contribution in [2.75, 3.05) is 39.3 Å². The van der Waals surface area contributed by atoms with E-state index in [4.69, 9.17) is 0 Å². The number of rotatable bonds is 19. The van der Waals surface area contributed by atoms with E-state index in [-0.39, 0.29) is 0 Å². The molecule has 0 saturated carbocycles. The fourth-order valence-electron chi connectivity index (χ4n) is 3.50. The molecule has 0 spiro atoms. The zero-order valence-corrected chi connectivity index (χ0v) is 17.6. The molecule has 0 saturated heterocycles. The van der Waals surface area contributed by atoms with E-state index < -0.39 is 0 Å². The first-order valence-corrected chi connectivity index (χ1v) is 11.2. The van der Waals surface area contributed by atoms with E-state index in [1.54, 1.807) is 0 Å². The Hall–Kier alpha value is -0.0800. The summed E-state index contributed by atoms with van der Waals surface area (Å²) < 4.78 is 0. The third kappa shape index (κ3) is 15.4. The lowest BCUT2D eigenvalue weighted by Crippen LogP contribution is -2.36. The summed E-state index contributed by atoms with van der Waals surface area (Å²) in [5.74, 6) is 0. The van der Waals surface area contributed by atoms with Gasteiger partial charge in [-0.1, -0.05) is 85.5 Å². The molecule has 2 nitrogen and oxygen atoms in total. The van der Waals surface area contributed by atoms with E-state index in [1.807, 2.05) is 0 Å². The SMILES string of the molecule is CCCCCCCCCCCCN(CC)CCN(CCC)CCC. The van der Waals surface area contributed by atoms with Crippen LogP contribution < -0.4 is 0 Å². The highest BCUT2D eigenvalue weighted by atomic mass is 15.2. The molecule has 0 atom stereocenters. The maximum Gasteiger partial charge on any atom is 0.0109 e. The van der Waals surface area contributed by atoms with Crippen LogP contribution in [-0.2, 0) is 0 Å². The molecule has 0 heterocycles. The lowest BCUT2D eigenvalue weighted by Gasteiger charge is -2.26. The van der Waals surface area contributed by atoms with Crippen molar-refractivity contribution in [3.8, 4) is 0 Å². The van der Waals surface area contributed by atoms with E-state index in [9.17, 15) is 0 Å². The average Bonchev–Trinajstić information content (AvgIpc) is 2.59. The summed E-state index contributed by atoms with van der Waals surface area (Å²) in [5.41, 5.74) is 0. The van der Waals surface area contributed by atoms with Gasteiger partial charge in [0.15, 0.2) is 0 Å². The van der Waals surface area contributed by atoms with E-state index in [1.165, 1.54) is 116 Å². The van der Waals surface area contributed by atoms with E-state index in [0.29, 0.717) is 0 Å². The highest BCUT2D eigenvalue weighted by Crippen LogP contribution is 2.10. The molecular weight excluding hydrogens is 292 g/mol. The first-order valence-electron chi connectivity index (χ1n) is 11.2. The van der Waals surface area contributed by atoms with Crippen molar-refractivity contribution in [3.05, 3.63) is 0 Å². The third-order valence-electron chi connectivity index (χ3n) is 5.09.